The summed E-state index contributed by atoms with van der Waals surface area (Å²) in [5.41, 5.74) is -0.614. The van der Waals surface area contributed by atoms with Gasteiger partial charge < -0.3 is 4.42 Å². The zero-order valence-electron chi connectivity index (χ0n) is 17.7. The van der Waals surface area contributed by atoms with Gasteiger partial charge in [-0.3, -0.25) is 19.3 Å². The molecule has 0 radical (unpaired) electrons. The predicted molar refractivity (Wildman–Crippen MR) is 126 cm³/mol. The number of thiophene rings is 1. The number of hydrogen-bond acceptors (Lipinski definition) is 6. The van der Waals surface area contributed by atoms with Crippen molar-refractivity contribution in [2.24, 2.45) is 0 Å². The molecule has 0 aliphatic heterocycles. The molecule has 5 heterocycles. The van der Waals surface area contributed by atoms with Crippen LogP contribution in [-0.4, -0.2) is 19.5 Å². The Balaban J connectivity index is 1.57. The minimum absolute atomic E-state index is 0.160. The number of oxazole rings is 1. The number of halogens is 3. The van der Waals surface area contributed by atoms with Crippen LogP contribution < -0.4 is 5.56 Å². The monoisotopic (exact) mass is 490 g/mol. The van der Waals surface area contributed by atoms with Crippen molar-refractivity contribution < 1.29 is 17.6 Å². The first-order chi connectivity index (χ1) is 16.9. The number of pyridine rings is 3. The van der Waals surface area contributed by atoms with Crippen molar-refractivity contribution in [3.63, 3.8) is 0 Å². The minimum atomic E-state index is -4.47. The van der Waals surface area contributed by atoms with Gasteiger partial charge >= 0.3 is 6.18 Å². The number of fused-ring (bicyclic) bond motifs is 2. The highest BCUT2D eigenvalue weighted by molar-refractivity contribution is 7.22. The Morgan fingerprint density at radius 3 is 2.57 bits per heavy atom. The van der Waals surface area contributed by atoms with Gasteiger partial charge in [-0.15, -0.1) is 11.3 Å². The highest BCUT2D eigenvalue weighted by atomic mass is 32.1. The Kier molecular flexibility index (Phi) is 4.78. The van der Waals surface area contributed by atoms with Crippen molar-refractivity contribution in [1.82, 2.24) is 19.5 Å². The lowest BCUT2D eigenvalue weighted by Gasteiger charge is -2.08. The maximum Gasteiger partial charge on any atom is 0.416 e. The average Bonchev–Trinajstić information content (AvgIpc) is 3.49. The fourth-order valence-electron chi connectivity index (χ4n) is 3.80. The second-order valence-electron chi connectivity index (χ2n) is 7.70. The van der Waals surface area contributed by atoms with Crippen molar-refractivity contribution in [3.8, 4) is 27.9 Å². The van der Waals surface area contributed by atoms with Crippen LogP contribution in [0.15, 0.2) is 88.6 Å². The van der Waals surface area contributed by atoms with E-state index in [4.69, 9.17) is 4.42 Å². The highest BCUT2D eigenvalue weighted by Gasteiger charge is 2.30. The molecular formula is C25H13F3N4O2S. The molecule has 10 heteroatoms. The van der Waals surface area contributed by atoms with E-state index in [0.29, 0.717) is 15.8 Å². The number of alkyl halides is 3. The van der Waals surface area contributed by atoms with Crippen LogP contribution in [0.1, 0.15) is 5.56 Å². The Labute approximate surface area is 199 Å². The molecule has 35 heavy (non-hydrogen) atoms. The second kappa shape index (κ2) is 7.88. The molecule has 1 aromatic carbocycles. The van der Waals surface area contributed by atoms with E-state index in [9.17, 15) is 18.0 Å². The standard InChI is InChI=1S/C25H13F3N4O2S/c26-25(27,28)17-5-3-15(4-6-17)21-22(32-11-8-14-2-1-9-30-20(14)24(32)33)31-23(34-21)19-12-16-13-29-10-7-18(16)35-19/h1-13H. The summed E-state index contributed by atoms with van der Waals surface area (Å²) in [7, 11) is 0. The third kappa shape index (κ3) is 3.68. The van der Waals surface area contributed by atoms with E-state index in [1.165, 1.54) is 34.2 Å². The molecule has 6 aromatic rings. The molecule has 0 unspecified atom stereocenters. The zero-order valence-corrected chi connectivity index (χ0v) is 18.5. The van der Waals surface area contributed by atoms with Crippen molar-refractivity contribution >= 4 is 32.3 Å². The smallest absolute Gasteiger partial charge is 0.416 e. The van der Waals surface area contributed by atoms with E-state index >= 15 is 0 Å². The minimum Gasteiger partial charge on any atom is -0.433 e. The van der Waals surface area contributed by atoms with Gasteiger partial charge in [-0.25, -0.2) is 0 Å². The van der Waals surface area contributed by atoms with Crippen LogP contribution in [-0.2, 0) is 6.18 Å². The molecule has 6 rings (SSSR count). The summed E-state index contributed by atoms with van der Waals surface area (Å²) in [4.78, 5) is 26.8. The van der Waals surface area contributed by atoms with Crippen LogP contribution in [0.3, 0.4) is 0 Å². The van der Waals surface area contributed by atoms with Crippen molar-refractivity contribution in [1.29, 1.82) is 0 Å². The Bertz CT molecular complexity index is 1740. The summed E-state index contributed by atoms with van der Waals surface area (Å²) in [5.74, 6) is 0.568. The quantitative estimate of drug-likeness (QED) is 0.290. The summed E-state index contributed by atoms with van der Waals surface area (Å²) in [5, 5.41) is 1.56. The van der Waals surface area contributed by atoms with Gasteiger partial charge in [0.25, 0.3) is 5.56 Å². The normalized spacial score (nSPS) is 12.0. The number of hydrogen-bond donors (Lipinski definition) is 0. The maximum absolute atomic E-state index is 13.2. The number of nitrogens with zero attached hydrogens (tertiary/aromatic N) is 4. The molecule has 5 aromatic heterocycles. The Morgan fingerprint density at radius 1 is 0.971 bits per heavy atom. The molecular weight excluding hydrogens is 477 g/mol. The molecule has 0 amide bonds. The third-order valence-corrected chi connectivity index (χ3v) is 6.61. The largest absolute Gasteiger partial charge is 0.433 e. The predicted octanol–water partition coefficient (Wildman–Crippen LogP) is 6.34. The second-order valence-corrected chi connectivity index (χ2v) is 8.79. The van der Waals surface area contributed by atoms with Gasteiger partial charge in [0.2, 0.25) is 5.89 Å². The lowest BCUT2D eigenvalue weighted by atomic mass is 10.1. The van der Waals surface area contributed by atoms with Gasteiger partial charge in [0.15, 0.2) is 11.6 Å². The van der Waals surface area contributed by atoms with Crippen LogP contribution in [0.25, 0.3) is 48.9 Å². The first kappa shape index (κ1) is 21.2. The molecule has 0 spiro atoms. The molecule has 0 bridgehead atoms. The summed E-state index contributed by atoms with van der Waals surface area (Å²) in [6.07, 6.45) is 2.00. The molecule has 0 N–H and O–H groups in total. The molecule has 0 atom stereocenters. The van der Waals surface area contributed by atoms with Gasteiger partial charge in [-0.1, -0.05) is 18.2 Å². The average molecular weight is 490 g/mol. The Morgan fingerprint density at radius 2 is 1.80 bits per heavy atom. The number of benzene rings is 1. The first-order valence-corrected chi connectivity index (χ1v) is 11.2. The van der Waals surface area contributed by atoms with Gasteiger partial charge in [-0.05, 0) is 36.4 Å². The fourth-order valence-corrected chi connectivity index (χ4v) is 4.76. The van der Waals surface area contributed by atoms with Crippen LogP contribution in [0, 0.1) is 0 Å². The molecule has 172 valence electrons. The van der Waals surface area contributed by atoms with E-state index < -0.39 is 17.3 Å². The van der Waals surface area contributed by atoms with Crippen LogP contribution in [0.2, 0.25) is 0 Å². The summed E-state index contributed by atoms with van der Waals surface area (Å²) in [6.45, 7) is 0. The lowest BCUT2D eigenvalue weighted by Crippen LogP contribution is -2.19. The van der Waals surface area contributed by atoms with E-state index in [0.717, 1.165) is 22.2 Å². The van der Waals surface area contributed by atoms with Gasteiger partial charge in [0.1, 0.15) is 5.52 Å². The molecule has 0 fully saturated rings. The van der Waals surface area contributed by atoms with E-state index in [1.807, 2.05) is 12.1 Å². The van der Waals surface area contributed by atoms with Crippen molar-refractivity contribution in [2.45, 2.75) is 6.18 Å². The van der Waals surface area contributed by atoms with E-state index in [2.05, 4.69) is 15.0 Å². The molecule has 0 aliphatic rings. The van der Waals surface area contributed by atoms with E-state index in [-0.39, 0.29) is 23.0 Å². The summed E-state index contributed by atoms with van der Waals surface area (Å²) >= 11 is 1.43. The molecule has 0 saturated heterocycles. The fraction of sp³-hybridized carbons (Fsp3) is 0.0400. The van der Waals surface area contributed by atoms with Crippen LogP contribution in [0.4, 0.5) is 13.2 Å². The SMILES string of the molecule is O=c1c2ncccc2ccn1-c1nc(-c2cc3cnccc3s2)oc1-c1ccc(C(F)(F)F)cc1. The topological polar surface area (TPSA) is 73.8 Å². The lowest BCUT2D eigenvalue weighted by molar-refractivity contribution is -0.137. The highest BCUT2D eigenvalue weighted by Crippen LogP contribution is 2.38. The van der Waals surface area contributed by atoms with Crippen molar-refractivity contribution in [2.75, 3.05) is 0 Å². The first-order valence-electron chi connectivity index (χ1n) is 10.4. The number of rotatable bonds is 3. The maximum atomic E-state index is 13.2. The molecule has 6 nitrogen and oxygen atoms in total. The Hall–Kier alpha value is -4.31. The van der Waals surface area contributed by atoms with Gasteiger partial charge in [-0.2, -0.15) is 18.2 Å². The van der Waals surface area contributed by atoms with E-state index in [1.54, 1.807) is 36.8 Å². The van der Waals surface area contributed by atoms with Gasteiger partial charge in [0.05, 0.1) is 10.4 Å². The van der Waals surface area contributed by atoms with Crippen LogP contribution in [0.5, 0.6) is 0 Å². The number of aromatic nitrogens is 4. The molecule has 0 aliphatic carbocycles. The zero-order chi connectivity index (χ0) is 24.2. The van der Waals surface area contributed by atoms with Crippen molar-refractivity contribution in [3.05, 3.63) is 95.3 Å². The van der Waals surface area contributed by atoms with Crippen LogP contribution >= 0.6 is 11.3 Å². The third-order valence-electron chi connectivity index (χ3n) is 5.50. The summed E-state index contributed by atoms with van der Waals surface area (Å²) in [6, 6.07) is 13.5. The van der Waals surface area contributed by atoms with Gasteiger partial charge in [0, 0.05) is 45.8 Å². The molecule has 0 saturated carbocycles. The summed E-state index contributed by atoms with van der Waals surface area (Å²) < 4.78 is 47.7.